The summed E-state index contributed by atoms with van der Waals surface area (Å²) in [5.41, 5.74) is 1.87. The van der Waals surface area contributed by atoms with Crippen LogP contribution in [0.3, 0.4) is 0 Å². The van der Waals surface area contributed by atoms with Gasteiger partial charge < -0.3 is 20.2 Å². The molecule has 1 aromatic carbocycles. The van der Waals surface area contributed by atoms with Crippen LogP contribution in [0.5, 0.6) is 0 Å². The molecule has 0 radical (unpaired) electrons. The zero-order chi connectivity index (χ0) is 21.6. The molecule has 2 amide bonds. The Balaban J connectivity index is 1.05. The lowest BCUT2D eigenvalue weighted by Gasteiger charge is -2.58. The fourth-order valence-electron chi connectivity index (χ4n) is 8.94. The smallest absolute Gasteiger partial charge is 0.318 e. The number of benzene rings is 1. The standard InChI is InChI=1S/C26H34FN3O2/c27-19-1-4-23-16(9-19)5-6-29(23)22-10-20-2-3-21(11-22)30(20)25(31)28-24-17-7-15-8-18(24)14-26(32,12-15)13-17/h1,4,9,15,17-18,20-22,24,32H,2-3,5-8,10-14H2,(H,28,31)/t15?,17?,18?,20-,21+,22?,24-,26-. The molecule has 7 aliphatic rings. The zero-order valence-electron chi connectivity index (χ0n) is 18.7. The van der Waals surface area contributed by atoms with Crippen molar-refractivity contribution in [3.05, 3.63) is 29.6 Å². The molecule has 3 unspecified atom stereocenters. The van der Waals surface area contributed by atoms with Crippen molar-refractivity contribution in [3.8, 4) is 0 Å². The van der Waals surface area contributed by atoms with E-state index >= 15 is 0 Å². The zero-order valence-corrected chi connectivity index (χ0v) is 18.7. The largest absolute Gasteiger partial charge is 0.390 e. The van der Waals surface area contributed by atoms with E-state index in [4.69, 9.17) is 0 Å². The molecule has 32 heavy (non-hydrogen) atoms. The fraction of sp³-hybridized carbons (Fsp3) is 0.731. The third kappa shape index (κ3) is 2.94. The van der Waals surface area contributed by atoms with Crippen LogP contribution in [0.1, 0.15) is 63.4 Å². The topological polar surface area (TPSA) is 55.8 Å². The number of nitrogens with zero attached hydrogens (tertiary/aromatic N) is 2. The number of hydrogen-bond acceptors (Lipinski definition) is 3. The minimum Gasteiger partial charge on any atom is -0.390 e. The molecule has 8 rings (SSSR count). The van der Waals surface area contributed by atoms with Crippen LogP contribution < -0.4 is 10.2 Å². The van der Waals surface area contributed by atoms with Gasteiger partial charge in [-0.25, -0.2) is 9.18 Å². The maximum atomic E-state index is 13.6. The third-order valence-electron chi connectivity index (χ3n) is 9.89. The average Bonchev–Trinajstić information content (AvgIpc) is 3.27. The summed E-state index contributed by atoms with van der Waals surface area (Å²) in [7, 11) is 0. The SMILES string of the molecule is O=C(N[C@H]1C2CC3CC1C[C@](O)(C3)C2)N1[C@@H]2CC[C@H]1CC(N1CCc3cc(F)ccc31)C2. The van der Waals surface area contributed by atoms with Gasteiger partial charge in [0.1, 0.15) is 5.82 Å². The Bertz CT molecular complexity index is 923. The van der Waals surface area contributed by atoms with Crippen LogP contribution in [0.2, 0.25) is 0 Å². The molecule has 4 aliphatic carbocycles. The molecular weight excluding hydrogens is 405 g/mol. The van der Waals surface area contributed by atoms with Crippen LogP contribution in [0, 0.1) is 23.6 Å². The highest BCUT2D eigenvalue weighted by Gasteiger charge is 2.56. The summed E-state index contributed by atoms with van der Waals surface area (Å²) in [5, 5.41) is 14.3. The molecule has 0 spiro atoms. The van der Waals surface area contributed by atoms with E-state index < -0.39 is 5.60 Å². The summed E-state index contributed by atoms with van der Waals surface area (Å²) in [6.45, 7) is 0.963. The number of aliphatic hydroxyl groups is 1. The number of nitrogens with one attached hydrogen (secondary N) is 1. The number of rotatable bonds is 2. The number of halogens is 1. The molecule has 4 saturated carbocycles. The molecular formula is C26H34FN3O2. The molecule has 3 heterocycles. The summed E-state index contributed by atoms with van der Waals surface area (Å²) in [6.07, 6.45) is 10.2. The van der Waals surface area contributed by atoms with E-state index in [-0.39, 0.29) is 17.9 Å². The number of urea groups is 1. The fourth-order valence-corrected chi connectivity index (χ4v) is 8.94. The van der Waals surface area contributed by atoms with E-state index in [9.17, 15) is 14.3 Å². The van der Waals surface area contributed by atoms with E-state index in [0.717, 1.165) is 63.5 Å². The second-order valence-electron chi connectivity index (χ2n) is 11.8. The van der Waals surface area contributed by atoms with Gasteiger partial charge in [0.05, 0.1) is 5.60 Å². The third-order valence-corrected chi connectivity index (χ3v) is 9.89. The second kappa shape index (κ2) is 6.85. The van der Waals surface area contributed by atoms with E-state index in [1.54, 1.807) is 12.1 Å². The highest BCUT2D eigenvalue weighted by Crippen LogP contribution is 2.55. The van der Waals surface area contributed by atoms with Gasteiger partial charge in [0.25, 0.3) is 0 Å². The highest BCUT2D eigenvalue weighted by atomic mass is 19.1. The van der Waals surface area contributed by atoms with Crippen molar-refractivity contribution in [2.75, 3.05) is 11.4 Å². The predicted molar refractivity (Wildman–Crippen MR) is 120 cm³/mol. The lowest BCUT2D eigenvalue weighted by Crippen LogP contribution is -2.64. The van der Waals surface area contributed by atoms with Crippen LogP contribution in [-0.2, 0) is 6.42 Å². The van der Waals surface area contributed by atoms with E-state index in [0.29, 0.717) is 35.9 Å². The summed E-state index contributed by atoms with van der Waals surface area (Å²) in [4.78, 5) is 18.2. The number of piperidine rings is 1. The van der Waals surface area contributed by atoms with E-state index in [1.807, 2.05) is 6.07 Å². The Hall–Kier alpha value is -1.82. The molecule has 0 aromatic heterocycles. The summed E-state index contributed by atoms with van der Waals surface area (Å²) >= 11 is 0. The Labute approximate surface area is 189 Å². The van der Waals surface area contributed by atoms with Gasteiger partial charge >= 0.3 is 6.03 Å². The summed E-state index contributed by atoms with van der Waals surface area (Å²) in [5.74, 6) is 1.42. The molecule has 6 fully saturated rings. The first-order chi connectivity index (χ1) is 15.5. The molecule has 6 heteroatoms. The normalized spacial score (nSPS) is 43.6. The number of hydrogen-bond donors (Lipinski definition) is 2. The summed E-state index contributed by atoms with van der Waals surface area (Å²) < 4.78 is 13.6. The van der Waals surface area contributed by atoms with Gasteiger partial charge in [-0.3, -0.25) is 0 Å². The van der Waals surface area contributed by atoms with Crippen LogP contribution >= 0.6 is 0 Å². The van der Waals surface area contributed by atoms with Crippen molar-refractivity contribution in [3.63, 3.8) is 0 Å². The monoisotopic (exact) mass is 439 g/mol. The maximum Gasteiger partial charge on any atom is 0.318 e. The number of amides is 2. The molecule has 3 aliphatic heterocycles. The number of carbonyl (C=O) groups is 1. The van der Waals surface area contributed by atoms with E-state index in [1.165, 1.54) is 18.5 Å². The Morgan fingerprint density at radius 3 is 2.44 bits per heavy atom. The Kier molecular flexibility index (Phi) is 4.20. The molecule has 6 bridgehead atoms. The highest BCUT2D eigenvalue weighted by molar-refractivity contribution is 5.76. The molecule has 1 aromatic rings. The van der Waals surface area contributed by atoms with Crippen molar-refractivity contribution >= 4 is 11.7 Å². The molecule has 5 nitrogen and oxygen atoms in total. The van der Waals surface area contributed by atoms with Gasteiger partial charge in [-0.05, 0) is 106 Å². The minimum absolute atomic E-state index is 0.143. The average molecular weight is 440 g/mol. The van der Waals surface area contributed by atoms with Crippen molar-refractivity contribution in [1.29, 1.82) is 0 Å². The van der Waals surface area contributed by atoms with Crippen LogP contribution in [-0.4, -0.2) is 52.4 Å². The van der Waals surface area contributed by atoms with Crippen LogP contribution in [0.25, 0.3) is 0 Å². The first-order valence-electron chi connectivity index (χ1n) is 12.8. The lowest BCUT2D eigenvalue weighted by atomic mass is 9.52. The van der Waals surface area contributed by atoms with Crippen molar-refractivity contribution in [2.45, 2.75) is 94.0 Å². The first-order valence-corrected chi connectivity index (χ1v) is 12.8. The quantitative estimate of drug-likeness (QED) is 0.736. The molecule has 2 saturated heterocycles. The lowest BCUT2D eigenvalue weighted by molar-refractivity contribution is -0.137. The van der Waals surface area contributed by atoms with Gasteiger partial charge in [0.2, 0.25) is 0 Å². The van der Waals surface area contributed by atoms with Crippen LogP contribution in [0.15, 0.2) is 18.2 Å². The number of carbonyl (C=O) groups excluding carboxylic acids is 1. The first kappa shape index (κ1) is 19.6. The van der Waals surface area contributed by atoms with Gasteiger partial charge in [-0.15, -0.1) is 0 Å². The van der Waals surface area contributed by atoms with E-state index in [2.05, 4.69) is 15.1 Å². The maximum absolute atomic E-state index is 13.6. The van der Waals surface area contributed by atoms with Gasteiger partial charge in [0, 0.05) is 36.4 Å². The van der Waals surface area contributed by atoms with Gasteiger partial charge in [0.15, 0.2) is 0 Å². The Morgan fingerprint density at radius 2 is 1.75 bits per heavy atom. The summed E-state index contributed by atoms with van der Waals surface area (Å²) in [6, 6.07) is 6.66. The van der Waals surface area contributed by atoms with Crippen molar-refractivity contribution < 1.29 is 14.3 Å². The Morgan fingerprint density at radius 1 is 1.03 bits per heavy atom. The number of anilines is 1. The van der Waals surface area contributed by atoms with Gasteiger partial charge in [-0.2, -0.15) is 0 Å². The molecule has 2 N–H and O–H groups in total. The number of fused-ring (bicyclic) bond motifs is 3. The molecule has 172 valence electrons. The van der Waals surface area contributed by atoms with Crippen molar-refractivity contribution in [1.82, 2.24) is 10.2 Å². The molecule has 5 atom stereocenters. The van der Waals surface area contributed by atoms with Gasteiger partial charge in [-0.1, -0.05) is 0 Å². The predicted octanol–water partition coefficient (Wildman–Crippen LogP) is 3.83. The van der Waals surface area contributed by atoms with Crippen LogP contribution in [0.4, 0.5) is 14.9 Å². The second-order valence-corrected chi connectivity index (χ2v) is 11.8. The minimum atomic E-state index is -0.454. The van der Waals surface area contributed by atoms with Crippen molar-refractivity contribution in [2.24, 2.45) is 17.8 Å².